The maximum Gasteiger partial charge on any atom is 0.329 e. The number of aromatic amines is 1. The lowest BCUT2D eigenvalue weighted by molar-refractivity contribution is -0.125. The van der Waals surface area contributed by atoms with Crippen LogP contribution in [0.15, 0.2) is 73.1 Å². The highest BCUT2D eigenvalue weighted by Crippen LogP contribution is 2.25. The molecule has 1 fully saturated rings. The molecule has 0 spiro atoms. The second kappa shape index (κ2) is 11.4. The second-order valence-electron chi connectivity index (χ2n) is 8.91. The van der Waals surface area contributed by atoms with Gasteiger partial charge in [0.25, 0.3) is 5.56 Å². The summed E-state index contributed by atoms with van der Waals surface area (Å²) in [6.07, 6.45) is 2.73. The van der Waals surface area contributed by atoms with Gasteiger partial charge in [0.1, 0.15) is 5.82 Å². The summed E-state index contributed by atoms with van der Waals surface area (Å²) in [4.78, 5) is 42.2. The quantitative estimate of drug-likeness (QED) is 0.430. The van der Waals surface area contributed by atoms with Crippen LogP contribution in [-0.2, 0) is 24.7 Å². The number of benzene rings is 2. The van der Waals surface area contributed by atoms with Gasteiger partial charge in [-0.3, -0.25) is 19.1 Å². The van der Waals surface area contributed by atoms with E-state index in [0.717, 1.165) is 37.5 Å². The molecule has 7 nitrogen and oxygen atoms in total. The Balaban J connectivity index is 1.44. The molecule has 0 bridgehead atoms. The number of rotatable bonds is 7. The molecule has 1 amide bonds. The number of anilines is 1. The average Bonchev–Trinajstić information content (AvgIpc) is 2.85. The number of halogens is 2. The van der Waals surface area contributed by atoms with Gasteiger partial charge in [-0.25, -0.2) is 4.79 Å². The maximum absolute atomic E-state index is 13.5. The molecule has 0 atom stereocenters. The van der Waals surface area contributed by atoms with Gasteiger partial charge in [0.2, 0.25) is 5.91 Å². The number of carbonyl (C=O) groups excluding carboxylic acids is 1. The van der Waals surface area contributed by atoms with E-state index in [-0.39, 0.29) is 23.4 Å². The second-order valence-corrected chi connectivity index (χ2v) is 10.6. The van der Waals surface area contributed by atoms with Crippen molar-refractivity contribution in [2.24, 2.45) is 13.0 Å². The minimum Gasteiger partial charge on any atom is -0.358 e. The first-order valence-corrected chi connectivity index (χ1v) is 13.2. The fourth-order valence-electron chi connectivity index (χ4n) is 4.41. The Labute approximate surface area is 220 Å². The summed E-state index contributed by atoms with van der Waals surface area (Å²) >= 11 is 7.24. The van der Waals surface area contributed by atoms with E-state index in [1.54, 1.807) is 0 Å². The molecule has 1 saturated heterocycles. The highest BCUT2D eigenvalue weighted by molar-refractivity contribution is 9.10. The van der Waals surface area contributed by atoms with Gasteiger partial charge in [0.05, 0.1) is 0 Å². The molecule has 0 aliphatic carbocycles. The number of piperidine rings is 1. The molecule has 0 radical (unpaired) electrons. The zero-order valence-corrected chi connectivity index (χ0v) is 22.6. The molecule has 4 rings (SSSR count). The Hall–Kier alpha value is -2.65. The Morgan fingerprint density at radius 1 is 1.00 bits per heavy atom. The van der Waals surface area contributed by atoms with E-state index in [1.165, 1.54) is 13.1 Å². The van der Waals surface area contributed by atoms with Gasteiger partial charge in [-0.05, 0) is 48.9 Å². The molecule has 35 heavy (non-hydrogen) atoms. The summed E-state index contributed by atoms with van der Waals surface area (Å²) in [6, 6.07) is 17.5. The minimum atomic E-state index is -0.426. The number of carbonyl (C=O) groups is 1. The summed E-state index contributed by atoms with van der Waals surface area (Å²) in [5.41, 5.74) is 1.44. The van der Waals surface area contributed by atoms with Gasteiger partial charge < -0.3 is 10.2 Å². The molecule has 0 unspecified atom stereocenters. The van der Waals surface area contributed by atoms with Crippen molar-refractivity contribution < 1.29 is 4.79 Å². The number of nitrogens with one attached hydrogen (secondary N) is 2. The molecule has 0 saturated carbocycles. The standard InChI is InChI=1S/C26H28Br2N4O3/c1-31-24(33)16-23(30-26(31)35)32-12-10-20(11-13-32)29-25(34)19(14-17-6-2-4-8-21(17)27)15-18-7-3-5-9-22(18)28/h2-9,16,19-20H,10-15H2,1H3,(H,29,34)(H,30,35). The predicted molar refractivity (Wildman–Crippen MR) is 145 cm³/mol. The van der Waals surface area contributed by atoms with E-state index >= 15 is 0 Å². The lowest BCUT2D eigenvalue weighted by atomic mass is 9.91. The number of amides is 1. The molecule has 3 aromatic rings. The first kappa shape index (κ1) is 25.4. The Kier molecular flexibility index (Phi) is 8.28. The van der Waals surface area contributed by atoms with Crippen molar-refractivity contribution in [2.75, 3.05) is 18.0 Å². The molecule has 2 N–H and O–H groups in total. The van der Waals surface area contributed by atoms with Crippen molar-refractivity contribution in [3.63, 3.8) is 0 Å². The normalized spacial score (nSPS) is 14.3. The Morgan fingerprint density at radius 2 is 1.54 bits per heavy atom. The van der Waals surface area contributed by atoms with Crippen molar-refractivity contribution in [3.05, 3.63) is 95.5 Å². The summed E-state index contributed by atoms with van der Waals surface area (Å²) in [7, 11) is 1.45. The number of hydrogen-bond acceptors (Lipinski definition) is 4. The van der Waals surface area contributed by atoms with E-state index in [1.807, 2.05) is 53.4 Å². The predicted octanol–water partition coefficient (Wildman–Crippen LogP) is 3.79. The van der Waals surface area contributed by atoms with Crippen LogP contribution in [0.1, 0.15) is 24.0 Å². The third-order valence-corrected chi connectivity index (χ3v) is 8.08. The molecule has 184 valence electrons. The molecule has 2 aromatic carbocycles. The van der Waals surface area contributed by atoms with Crippen molar-refractivity contribution in [1.82, 2.24) is 14.9 Å². The SMILES string of the molecule is Cn1c(=O)cc(N2CCC(NC(=O)C(Cc3ccccc3Br)Cc3ccccc3Br)CC2)[nH]c1=O. The maximum atomic E-state index is 13.5. The van der Waals surface area contributed by atoms with E-state index in [0.29, 0.717) is 31.7 Å². The number of aromatic nitrogens is 2. The zero-order valence-electron chi connectivity index (χ0n) is 19.5. The Bertz CT molecular complexity index is 1230. The van der Waals surface area contributed by atoms with Crippen LogP contribution in [0.4, 0.5) is 5.82 Å². The lowest BCUT2D eigenvalue weighted by Crippen LogP contribution is -2.48. The van der Waals surface area contributed by atoms with Crippen LogP contribution in [0.25, 0.3) is 0 Å². The van der Waals surface area contributed by atoms with Gasteiger partial charge in [-0.1, -0.05) is 68.3 Å². The van der Waals surface area contributed by atoms with Crippen molar-refractivity contribution in [3.8, 4) is 0 Å². The highest BCUT2D eigenvalue weighted by Gasteiger charge is 2.27. The smallest absolute Gasteiger partial charge is 0.329 e. The first-order valence-electron chi connectivity index (χ1n) is 11.6. The third kappa shape index (κ3) is 6.32. The topological polar surface area (TPSA) is 87.2 Å². The van der Waals surface area contributed by atoms with Crippen LogP contribution in [0.5, 0.6) is 0 Å². The van der Waals surface area contributed by atoms with Crippen molar-refractivity contribution in [2.45, 2.75) is 31.7 Å². The molecular formula is C26H28Br2N4O3. The average molecular weight is 604 g/mol. The minimum absolute atomic E-state index is 0.0388. The van der Waals surface area contributed by atoms with Gasteiger partial charge in [0, 0.05) is 47.1 Å². The van der Waals surface area contributed by atoms with Crippen LogP contribution in [0.2, 0.25) is 0 Å². The molecule has 9 heteroatoms. The Morgan fingerprint density at radius 3 is 2.06 bits per heavy atom. The summed E-state index contributed by atoms with van der Waals surface area (Å²) in [5.74, 6) is 0.347. The van der Waals surface area contributed by atoms with Gasteiger partial charge in [-0.15, -0.1) is 0 Å². The molecule has 1 aliphatic heterocycles. The van der Waals surface area contributed by atoms with Crippen molar-refractivity contribution in [1.29, 1.82) is 0 Å². The van der Waals surface area contributed by atoms with Gasteiger partial charge in [0.15, 0.2) is 0 Å². The fraction of sp³-hybridized carbons (Fsp3) is 0.346. The van der Waals surface area contributed by atoms with Crippen LogP contribution in [0.3, 0.4) is 0 Å². The van der Waals surface area contributed by atoms with Crippen LogP contribution < -0.4 is 21.5 Å². The first-order chi connectivity index (χ1) is 16.8. The van der Waals surface area contributed by atoms with E-state index in [4.69, 9.17) is 0 Å². The molecule has 1 aromatic heterocycles. The number of H-pyrrole nitrogens is 1. The third-order valence-electron chi connectivity index (χ3n) is 6.53. The summed E-state index contributed by atoms with van der Waals surface area (Å²) in [5, 5.41) is 3.27. The highest BCUT2D eigenvalue weighted by atomic mass is 79.9. The van der Waals surface area contributed by atoms with E-state index in [2.05, 4.69) is 42.2 Å². The fourth-order valence-corrected chi connectivity index (χ4v) is 5.31. The van der Waals surface area contributed by atoms with Crippen LogP contribution >= 0.6 is 31.9 Å². The molecular weight excluding hydrogens is 576 g/mol. The van der Waals surface area contributed by atoms with E-state index < -0.39 is 5.69 Å². The number of nitrogens with zero attached hydrogens (tertiary/aromatic N) is 2. The monoisotopic (exact) mass is 602 g/mol. The molecule has 2 heterocycles. The van der Waals surface area contributed by atoms with Crippen LogP contribution in [0, 0.1) is 5.92 Å². The van der Waals surface area contributed by atoms with Gasteiger partial charge in [-0.2, -0.15) is 0 Å². The summed E-state index contributed by atoms with van der Waals surface area (Å²) in [6.45, 7) is 1.29. The summed E-state index contributed by atoms with van der Waals surface area (Å²) < 4.78 is 3.05. The molecule has 1 aliphatic rings. The van der Waals surface area contributed by atoms with Gasteiger partial charge >= 0.3 is 5.69 Å². The van der Waals surface area contributed by atoms with E-state index in [9.17, 15) is 14.4 Å². The number of hydrogen-bond donors (Lipinski definition) is 2. The van der Waals surface area contributed by atoms with Crippen molar-refractivity contribution >= 4 is 43.6 Å². The zero-order chi connectivity index (χ0) is 24.9. The lowest BCUT2D eigenvalue weighted by Gasteiger charge is -2.34. The largest absolute Gasteiger partial charge is 0.358 e. The van der Waals surface area contributed by atoms with Crippen LogP contribution in [-0.4, -0.2) is 34.6 Å².